The molecule has 25 heavy (non-hydrogen) atoms. The van der Waals surface area contributed by atoms with Crippen LogP contribution >= 0.6 is 0 Å². The number of amides is 2. The first kappa shape index (κ1) is 18.3. The van der Waals surface area contributed by atoms with Crippen LogP contribution in [0.5, 0.6) is 5.75 Å². The average Bonchev–Trinajstić information content (AvgIpc) is 2.65. The summed E-state index contributed by atoms with van der Waals surface area (Å²) in [5.41, 5.74) is 1.80. The molecule has 0 heterocycles. The highest BCUT2D eigenvalue weighted by Crippen LogP contribution is 2.16. The van der Waals surface area contributed by atoms with Gasteiger partial charge in [0.1, 0.15) is 11.8 Å². The highest BCUT2D eigenvalue weighted by Gasteiger charge is 2.14. The molecule has 0 aliphatic heterocycles. The molecule has 1 atom stereocenters. The van der Waals surface area contributed by atoms with Crippen molar-refractivity contribution in [1.29, 1.82) is 0 Å². The number of para-hydroxylation sites is 1. The first-order valence-corrected chi connectivity index (χ1v) is 8.03. The molecule has 2 aromatic carbocycles. The molecule has 0 saturated carbocycles. The molecule has 0 spiro atoms. The molecule has 0 radical (unpaired) electrons. The summed E-state index contributed by atoms with van der Waals surface area (Å²) in [7, 11) is 1.59. The maximum atomic E-state index is 12.1. The Morgan fingerprint density at radius 2 is 1.76 bits per heavy atom. The van der Waals surface area contributed by atoms with Crippen molar-refractivity contribution < 1.29 is 14.3 Å². The van der Waals surface area contributed by atoms with Gasteiger partial charge in [0.25, 0.3) is 0 Å². The predicted molar refractivity (Wildman–Crippen MR) is 97.9 cm³/mol. The summed E-state index contributed by atoms with van der Waals surface area (Å²) in [5, 5.41) is 5.44. The van der Waals surface area contributed by atoms with Crippen molar-refractivity contribution in [1.82, 2.24) is 10.6 Å². The Balaban J connectivity index is 1.83. The minimum atomic E-state index is -0.636. The lowest BCUT2D eigenvalue weighted by Crippen LogP contribution is -2.44. The molecule has 0 aliphatic rings. The summed E-state index contributed by atoms with van der Waals surface area (Å²) in [6, 6.07) is 16.3. The van der Waals surface area contributed by atoms with Crippen LogP contribution in [0.2, 0.25) is 0 Å². The summed E-state index contributed by atoms with van der Waals surface area (Å²) in [6.07, 6.45) is 3.12. The highest BCUT2D eigenvalue weighted by atomic mass is 16.5. The van der Waals surface area contributed by atoms with Gasteiger partial charge in [-0.3, -0.25) is 9.59 Å². The molecule has 5 nitrogen and oxygen atoms in total. The van der Waals surface area contributed by atoms with E-state index in [0.29, 0.717) is 12.3 Å². The van der Waals surface area contributed by atoms with E-state index in [2.05, 4.69) is 10.6 Å². The Hall–Kier alpha value is -3.08. The lowest BCUT2D eigenvalue weighted by Gasteiger charge is -2.14. The van der Waals surface area contributed by atoms with E-state index in [0.717, 1.165) is 11.1 Å². The van der Waals surface area contributed by atoms with E-state index in [4.69, 9.17) is 4.74 Å². The number of ether oxygens (including phenoxy) is 1. The Kier molecular flexibility index (Phi) is 6.77. The molecule has 130 valence electrons. The van der Waals surface area contributed by atoms with Gasteiger partial charge in [-0.2, -0.15) is 0 Å². The Bertz CT molecular complexity index is 742. The minimum Gasteiger partial charge on any atom is -0.496 e. The van der Waals surface area contributed by atoms with Crippen molar-refractivity contribution in [2.45, 2.75) is 19.5 Å². The van der Waals surface area contributed by atoms with Crippen molar-refractivity contribution in [3.8, 4) is 5.75 Å². The maximum absolute atomic E-state index is 12.1. The first-order valence-electron chi connectivity index (χ1n) is 8.03. The van der Waals surface area contributed by atoms with Crippen LogP contribution in [0.25, 0.3) is 6.08 Å². The van der Waals surface area contributed by atoms with Crippen LogP contribution in [-0.2, 0) is 16.1 Å². The fourth-order valence-electron chi connectivity index (χ4n) is 2.25. The van der Waals surface area contributed by atoms with Gasteiger partial charge in [-0.05, 0) is 24.6 Å². The molecular formula is C20H22N2O3. The second-order valence-corrected chi connectivity index (χ2v) is 5.50. The SMILES string of the molecule is COc1ccccc1CNC(=O)[C@H](C)NC(=O)/C=C/c1ccccc1. The van der Waals surface area contributed by atoms with Crippen LogP contribution < -0.4 is 15.4 Å². The molecule has 2 N–H and O–H groups in total. The summed E-state index contributed by atoms with van der Waals surface area (Å²) in [6.45, 7) is 1.98. The molecular weight excluding hydrogens is 316 g/mol. The molecule has 5 heteroatoms. The lowest BCUT2D eigenvalue weighted by molar-refractivity contribution is -0.126. The summed E-state index contributed by atoms with van der Waals surface area (Å²) < 4.78 is 5.25. The van der Waals surface area contributed by atoms with Crippen LogP contribution in [0.3, 0.4) is 0 Å². The van der Waals surface area contributed by atoms with Gasteiger partial charge in [0.05, 0.1) is 7.11 Å². The normalized spacial score (nSPS) is 11.8. The molecule has 0 bridgehead atoms. The number of hydrogen-bond donors (Lipinski definition) is 2. The predicted octanol–water partition coefficient (Wildman–Crippen LogP) is 2.53. The van der Waals surface area contributed by atoms with Gasteiger partial charge in [-0.1, -0.05) is 48.5 Å². The summed E-state index contributed by atoms with van der Waals surface area (Å²) in [4.78, 5) is 24.0. The largest absolute Gasteiger partial charge is 0.496 e. The number of methoxy groups -OCH3 is 1. The quantitative estimate of drug-likeness (QED) is 0.763. The summed E-state index contributed by atoms with van der Waals surface area (Å²) in [5.74, 6) is 0.140. The number of carbonyl (C=O) groups is 2. The zero-order valence-electron chi connectivity index (χ0n) is 14.4. The zero-order valence-corrected chi connectivity index (χ0v) is 14.4. The number of nitrogens with one attached hydrogen (secondary N) is 2. The Morgan fingerprint density at radius 1 is 1.08 bits per heavy atom. The minimum absolute atomic E-state index is 0.257. The molecule has 2 rings (SSSR count). The monoisotopic (exact) mass is 338 g/mol. The topological polar surface area (TPSA) is 67.4 Å². The van der Waals surface area contributed by atoms with Crippen molar-refractivity contribution in [2.24, 2.45) is 0 Å². The van der Waals surface area contributed by atoms with Crippen molar-refractivity contribution in [2.75, 3.05) is 7.11 Å². The number of hydrogen-bond acceptors (Lipinski definition) is 3. The van der Waals surface area contributed by atoms with Crippen LogP contribution in [0.15, 0.2) is 60.7 Å². The molecule has 2 aromatic rings. The van der Waals surface area contributed by atoms with Gasteiger partial charge in [0.15, 0.2) is 0 Å². The second-order valence-electron chi connectivity index (χ2n) is 5.50. The Labute approximate surface area is 147 Å². The van der Waals surface area contributed by atoms with Gasteiger partial charge < -0.3 is 15.4 Å². The van der Waals surface area contributed by atoms with Crippen LogP contribution in [0.1, 0.15) is 18.1 Å². The smallest absolute Gasteiger partial charge is 0.244 e. The number of benzene rings is 2. The van der Waals surface area contributed by atoms with Gasteiger partial charge >= 0.3 is 0 Å². The van der Waals surface area contributed by atoms with E-state index in [-0.39, 0.29) is 11.8 Å². The number of rotatable bonds is 7. The molecule has 0 aliphatic carbocycles. The standard InChI is InChI=1S/C20H22N2O3/c1-15(22-19(23)13-12-16-8-4-3-5-9-16)20(24)21-14-17-10-6-7-11-18(17)25-2/h3-13,15H,14H2,1-2H3,(H,21,24)(H,22,23)/b13-12+/t15-/m0/s1. The van der Waals surface area contributed by atoms with E-state index in [1.54, 1.807) is 20.1 Å². The summed E-state index contributed by atoms with van der Waals surface area (Å²) >= 11 is 0. The lowest BCUT2D eigenvalue weighted by atomic mass is 10.2. The van der Waals surface area contributed by atoms with Crippen molar-refractivity contribution in [3.05, 3.63) is 71.8 Å². The van der Waals surface area contributed by atoms with Crippen molar-refractivity contribution >= 4 is 17.9 Å². The molecule has 0 unspecified atom stereocenters. The molecule has 0 aromatic heterocycles. The van der Waals surface area contributed by atoms with Crippen LogP contribution in [-0.4, -0.2) is 25.0 Å². The molecule has 0 saturated heterocycles. The van der Waals surface area contributed by atoms with Gasteiger partial charge in [-0.25, -0.2) is 0 Å². The number of carbonyl (C=O) groups excluding carboxylic acids is 2. The molecule has 0 fully saturated rings. The van der Waals surface area contributed by atoms with E-state index >= 15 is 0 Å². The third kappa shape index (κ3) is 5.80. The van der Waals surface area contributed by atoms with Gasteiger partial charge in [0, 0.05) is 18.2 Å². The van der Waals surface area contributed by atoms with Crippen LogP contribution in [0, 0.1) is 0 Å². The van der Waals surface area contributed by atoms with E-state index in [1.165, 1.54) is 6.08 Å². The maximum Gasteiger partial charge on any atom is 0.244 e. The fourth-order valence-corrected chi connectivity index (χ4v) is 2.25. The van der Waals surface area contributed by atoms with E-state index in [1.807, 2.05) is 54.6 Å². The average molecular weight is 338 g/mol. The third-order valence-corrected chi connectivity index (χ3v) is 3.62. The zero-order chi connectivity index (χ0) is 18.1. The second kappa shape index (κ2) is 9.27. The third-order valence-electron chi connectivity index (χ3n) is 3.62. The van der Waals surface area contributed by atoms with Crippen molar-refractivity contribution in [3.63, 3.8) is 0 Å². The van der Waals surface area contributed by atoms with Crippen LogP contribution in [0.4, 0.5) is 0 Å². The molecule has 2 amide bonds. The Morgan fingerprint density at radius 3 is 2.48 bits per heavy atom. The van der Waals surface area contributed by atoms with Gasteiger partial charge in [0.2, 0.25) is 11.8 Å². The highest BCUT2D eigenvalue weighted by molar-refractivity contribution is 5.95. The van der Waals surface area contributed by atoms with Gasteiger partial charge in [-0.15, -0.1) is 0 Å². The van der Waals surface area contributed by atoms with E-state index in [9.17, 15) is 9.59 Å². The fraction of sp³-hybridized carbons (Fsp3) is 0.200. The first-order chi connectivity index (χ1) is 12.1. The van der Waals surface area contributed by atoms with E-state index < -0.39 is 6.04 Å².